The number of carbonyl (C=O) groups excluding carboxylic acids is 2. The van der Waals surface area contributed by atoms with E-state index in [0.29, 0.717) is 26.1 Å². The fourth-order valence-corrected chi connectivity index (χ4v) is 2.08. The maximum Gasteiger partial charge on any atom is 0.305 e. The summed E-state index contributed by atoms with van der Waals surface area (Å²) in [6, 6.07) is 0. The molecule has 0 spiro atoms. The summed E-state index contributed by atoms with van der Waals surface area (Å²) in [7, 11) is 0. The molecule has 0 aliphatic carbocycles. The van der Waals surface area contributed by atoms with Gasteiger partial charge < -0.3 is 9.47 Å². The molecule has 0 N–H and O–H groups in total. The lowest BCUT2D eigenvalue weighted by Gasteiger charge is -2.05. The largest absolute Gasteiger partial charge is 0.466 e. The van der Waals surface area contributed by atoms with E-state index < -0.39 is 0 Å². The zero-order chi connectivity index (χ0) is 16.5. The number of unbranched alkanes of at least 4 members (excludes halogenated alkanes) is 7. The van der Waals surface area contributed by atoms with Gasteiger partial charge >= 0.3 is 11.9 Å². The van der Waals surface area contributed by atoms with E-state index in [1.807, 2.05) is 0 Å². The molecule has 130 valence electrons. The highest BCUT2D eigenvalue weighted by Gasteiger charge is 2.04. The third-order valence-electron chi connectivity index (χ3n) is 3.53. The Balaban J connectivity index is 3.25. The Hall–Kier alpha value is -1.06. The second kappa shape index (κ2) is 16.3. The van der Waals surface area contributed by atoms with Crippen LogP contribution < -0.4 is 0 Å². The Morgan fingerprint density at radius 3 is 1.55 bits per heavy atom. The third-order valence-corrected chi connectivity index (χ3v) is 3.53. The summed E-state index contributed by atoms with van der Waals surface area (Å²) in [6.07, 6.45) is 11.1. The molecular formula is C18H34O4. The Kier molecular flexibility index (Phi) is 15.5. The van der Waals surface area contributed by atoms with Crippen molar-refractivity contribution in [2.75, 3.05) is 13.2 Å². The van der Waals surface area contributed by atoms with Gasteiger partial charge in [0.25, 0.3) is 0 Å². The molecule has 0 unspecified atom stereocenters. The maximum absolute atomic E-state index is 11.4. The maximum atomic E-state index is 11.4. The van der Waals surface area contributed by atoms with Crippen molar-refractivity contribution >= 4 is 11.9 Å². The normalized spacial score (nSPS) is 10.5. The molecule has 0 aromatic heterocycles. The van der Waals surface area contributed by atoms with Crippen LogP contribution in [-0.2, 0) is 19.1 Å². The molecule has 0 bridgehead atoms. The molecule has 4 heteroatoms. The standard InChI is InChI=1S/C18H34O4/c1-3-5-12-16-22-18(20)14-11-9-7-8-10-13-17(19)21-15-6-4-2/h3-16H2,1-2H3. The second-order valence-corrected chi connectivity index (χ2v) is 5.77. The Morgan fingerprint density at radius 2 is 1.05 bits per heavy atom. The number of hydrogen-bond acceptors (Lipinski definition) is 4. The Labute approximate surface area is 135 Å². The van der Waals surface area contributed by atoms with Crippen LogP contribution in [-0.4, -0.2) is 25.2 Å². The van der Waals surface area contributed by atoms with Crippen molar-refractivity contribution in [2.24, 2.45) is 0 Å². The van der Waals surface area contributed by atoms with Crippen LogP contribution in [0.15, 0.2) is 0 Å². The molecule has 0 saturated carbocycles. The van der Waals surface area contributed by atoms with Crippen LogP contribution in [0.3, 0.4) is 0 Å². The summed E-state index contributed by atoms with van der Waals surface area (Å²) < 4.78 is 10.2. The van der Waals surface area contributed by atoms with Crippen molar-refractivity contribution in [3.05, 3.63) is 0 Å². The predicted molar refractivity (Wildman–Crippen MR) is 88.7 cm³/mol. The molecule has 0 rings (SSSR count). The average molecular weight is 314 g/mol. The minimum Gasteiger partial charge on any atom is -0.466 e. The number of ether oxygens (including phenoxy) is 2. The van der Waals surface area contributed by atoms with Crippen LogP contribution in [0.5, 0.6) is 0 Å². The first-order valence-electron chi connectivity index (χ1n) is 9.02. The lowest BCUT2D eigenvalue weighted by Crippen LogP contribution is -2.06. The zero-order valence-corrected chi connectivity index (χ0v) is 14.5. The first-order chi connectivity index (χ1) is 10.7. The summed E-state index contributed by atoms with van der Waals surface area (Å²) in [6.45, 7) is 5.32. The van der Waals surface area contributed by atoms with Gasteiger partial charge in [0, 0.05) is 12.8 Å². The number of hydrogen-bond donors (Lipinski definition) is 0. The molecule has 0 aliphatic rings. The quantitative estimate of drug-likeness (QED) is 0.322. The molecule has 22 heavy (non-hydrogen) atoms. The van der Waals surface area contributed by atoms with Gasteiger partial charge in [0.15, 0.2) is 0 Å². The van der Waals surface area contributed by atoms with Crippen LogP contribution in [0.4, 0.5) is 0 Å². The molecule has 0 heterocycles. The van der Waals surface area contributed by atoms with Crippen molar-refractivity contribution in [3.63, 3.8) is 0 Å². The lowest BCUT2D eigenvalue weighted by molar-refractivity contribution is -0.144. The van der Waals surface area contributed by atoms with E-state index in [1.165, 1.54) is 0 Å². The third kappa shape index (κ3) is 15.3. The van der Waals surface area contributed by atoms with E-state index in [1.54, 1.807) is 0 Å². The Morgan fingerprint density at radius 1 is 0.591 bits per heavy atom. The molecule has 4 nitrogen and oxygen atoms in total. The first-order valence-corrected chi connectivity index (χ1v) is 9.02. The van der Waals surface area contributed by atoms with E-state index in [9.17, 15) is 9.59 Å². The molecule has 0 atom stereocenters. The average Bonchev–Trinajstić information content (AvgIpc) is 2.51. The van der Waals surface area contributed by atoms with E-state index in [2.05, 4.69) is 13.8 Å². The van der Waals surface area contributed by atoms with Gasteiger partial charge in [-0.25, -0.2) is 0 Å². The highest BCUT2D eigenvalue weighted by Crippen LogP contribution is 2.09. The second-order valence-electron chi connectivity index (χ2n) is 5.77. The molecule has 0 amide bonds. The van der Waals surface area contributed by atoms with Gasteiger partial charge in [-0.3, -0.25) is 9.59 Å². The van der Waals surface area contributed by atoms with Crippen molar-refractivity contribution in [1.82, 2.24) is 0 Å². The van der Waals surface area contributed by atoms with Gasteiger partial charge in [0.1, 0.15) is 0 Å². The van der Waals surface area contributed by atoms with E-state index in [0.717, 1.165) is 64.2 Å². The monoisotopic (exact) mass is 314 g/mol. The van der Waals surface area contributed by atoms with Crippen LogP contribution in [0.1, 0.15) is 90.9 Å². The molecule has 0 aromatic rings. The first kappa shape index (κ1) is 20.9. The summed E-state index contributed by atoms with van der Waals surface area (Å²) in [4.78, 5) is 22.8. The van der Waals surface area contributed by atoms with Crippen molar-refractivity contribution in [2.45, 2.75) is 90.9 Å². The van der Waals surface area contributed by atoms with E-state index >= 15 is 0 Å². The van der Waals surface area contributed by atoms with Crippen molar-refractivity contribution in [1.29, 1.82) is 0 Å². The van der Waals surface area contributed by atoms with Gasteiger partial charge in [-0.15, -0.1) is 0 Å². The number of carbonyl (C=O) groups is 2. The summed E-state index contributed by atoms with van der Waals surface area (Å²) >= 11 is 0. The predicted octanol–water partition coefficient (Wildman–Crippen LogP) is 4.79. The van der Waals surface area contributed by atoms with Gasteiger partial charge in [0.05, 0.1) is 13.2 Å². The molecule has 0 saturated heterocycles. The van der Waals surface area contributed by atoms with Crippen LogP contribution in [0.25, 0.3) is 0 Å². The van der Waals surface area contributed by atoms with Gasteiger partial charge in [0.2, 0.25) is 0 Å². The summed E-state index contributed by atoms with van der Waals surface area (Å²) in [5, 5.41) is 0. The SMILES string of the molecule is CCCCCOC(=O)CCCCCCCC(=O)OCCCC. The highest BCUT2D eigenvalue weighted by atomic mass is 16.5. The summed E-state index contributed by atoms with van der Waals surface area (Å²) in [5.41, 5.74) is 0. The fourth-order valence-electron chi connectivity index (χ4n) is 2.08. The summed E-state index contributed by atoms with van der Waals surface area (Å²) in [5.74, 6) is -0.153. The molecule has 0 aromatic carbocycles. The number of esters is 2. The molecule has 0 fully saturated rings. The molecular weight excluding hydrogens is 280 g/mol. The van der Waals surface area contributed by atoms with Crippen LogP contribution in [0.2, 0.25) is 0 Å². The molecule has 0 aliphatic heterocycles. The fraction of sp³-hybridized carbons (Fsp3) is 0.889. The van der Waals surface area contributed by atoms with Crippen LogP contribution >= 0.6 is 0 Å². The Bertz CT molecular complexity index is 276. The highest BCUT2D eigenvalue weighted by molar-refractivity contribution is 5.69. The van der Waals surface area contributed by atoms with Gasteiger partial charge in [-0.2, -0.15) is 0 Å². The van der Waals surface area contributed by atoms with E-state index in [4.69, 9.17) is 9.47 Å². The van der Waals surface area contributed by atoms with Gasteiger partial charge in [-0.1, -0.05) is 52.4 Å². The smallest absolute Gasteiger partial charge is 0.305 e. The van der Waals surface area contributed by atoms with Crippen LogP contribution in [0, 0.1) is 0 Å². The van der Waals surface area contributed by atoms with Gasteiger partial charge in [-0.05, 0) is 25.7 Å². The molecule has 0 radical (unpaired) electrons. The zero-order valence-electron chi connectivity index (χ0n) is 14.5. The lowest BCUT2D eigenvalue weighted by atomic mass is 10.1. The minimum absolute atomic E-state index is 0.0735. The topological polar surface area (TPSA) is 52.6 Å². The van der Waals surface area contributed by atoms with E-state index in [-0.39, 0.29) is 11.9 Å². The van der Waals surface area contributed by atoms with Crippen molar-refractivity contribution < 1.29 is 19.1 Å². The minimum atomic E-state index is -0.0795. The number of rotatable bonds is 15. The van der Waals surface area contributed by atoms with Crippen molar-refractivity contribution in [3.8, 4) is 0 Å².